The second kappa shape index (κ2) is 7.23. The van der Waals surface area contributed by atoms with Gasteiger partial charge in [0.2, 0.25) is 5.91 Å². The standard InChI is InChI=1S/C21H26FN3O/c1-2-3-8-23-21(26)15-10-17-16-5-4-6-18-20(16)14(12-24-18)11-19(17)25(13-15)9-7-22/h4-6,10,12,15,19,24H,2-3,7-9,11,13H2,1H3,(H,23,26). The molecule has 1 aliphatic heterocycles. The molecule has 0 bridgehead atoms. The van der Waals surface area contributed by atoms with Crippen LogP contribution in [-0.4, -0.2) is 48.1 Å². The summed E-state index contributed by atoms with van der Waals surface area (Å²) in [4.78, 5) is 18.1. The highest BCUT2D eigenvalue weighted by Gasteiger charge is 2.36. The van der Waals surface area contributed by atoms with Crippen molar-refractivity contribution in [1.82, 2.24) is 15.2 Å². The van der Waals surface area contributed by atoms with Crippen molar-refractivity contribution in [3.05, 3.63) is 41.6 Å². The fourth-order valence-electron chi connectivity index (χ4n) is 4.36. The molecule has 138 valence electrons. The number of nitrogens with one attached hydrogen (secondary N) is 2. The fourth-order valence-corrected chi connectivity index (χ4v) is 4.36. The van der Waals surface area contributed by atoms with Gasteiger partial charge in [-0.05, 0) is 35.6 Å². The first-order valence-corrected chi connectivity index (χ1v) is 9.61. The second-order valence-corrected chi connectivity index (χ2v) is 7.32. The van der Waals surface area contributed by atoms with E-state index in [2.05, 4.69) is 46.5 Å². The number of hydrogen-bond acceptors (Lipinski definition) is 2. The first-order valence-electron chi connectivity index (χ1n) is 9.61. The average molecular weight is 355 g/mol. The van der Waals surface area contributed by atoms with Crippen molar-refractivity contribution in [3.63, 3.8) is 0 Å². The third-order valence-electron chi connectivity index (χ3n) is 5.66. The van der Waals surface area contributed by atoms with E-state index >= 15 is 0 Å². The zero-order valence-corrected chi connectivity index (χ0v) is 15.2. The van der Waals surface area contributed by atoms with Gasteiger partial charge >= 0.3 is 0 Å². The number of carbonyl (C=O) groups excluding carboxylic acids is 1. The Morgan fingerprint density at radius 1 is 1.42 bits per heavy atom. The van der Waals surface area contributed by atoms with E-state index in [9.17, 15) is 9.18 Å². The molecule has 1 aliphatic carbocycles. The Kier molecular flexibility index (Phi) is 4.81. The Morgan fingerprint density at radius 3 is 3.12 bits per heavy atom. The molecule has 2 atom stereocenters. The van der Waals surface area contributed by atoms with E-state index in [1.54, 1.807) is 0 Å². The van der Waals surface area contributed by atoms with Gasteiger partial charge in [-0.3, -0.25) is 9.69 Å². The number of fused-ring (bicyclic) bond motifs is 2. The van der Waals surface area contributed by atoms with Crippen LogP contribution in [0.25, 0.3) is 16.5 Å². The van der Waals surface area contributed by atoms with E-state index in [0.29, 0.717) is 19.6 Å². The van der Waals surface area contributed by atoms with Gasteiger partial charge in [0.05, 0.1) is 5.92 Å². The maximum absolute atomic E-state index is 13.2. The fraction of sp³-hybridized carbons (Fsp3) is 0.476. The lowest BCUT2D eigenvalue weighted by Crippen LogP contribution is -2.49. The Balaban J connectivity index is 1.70. The van der Waals surface area contributed by atoms with Gasteiger partial charge in [-0.2, -0.15) is 0 Å². The SMILES string of the molecule is CCCCNC(=O)C1C=C2c3cccc4[nH]cc(c34)CC2N(CCF)C1. The van der Waals surface area contributed by atoms with Gasteiger partial charge in [-0.15, -0.1) is 0 Å². The molecular formula is C21H26FN3O. The molecule has 4 rings (SSSR count). The van der Waals surface area contributed by atoms with E-state index in [0.717, 1.165) is 24.8 Å². The molecule has 1 aromatic heterocycles. The van der Waals surface area contributed by atoms with Gasteiger partial charge in [0.15, 0.2) is 0 Å². The molecule has 5 heteroatoms. The Bertz CT molecular complexity index is 841. The molecule has 26 heavy (non-hydrogen) atoms. The minimum atomic E-state index is -0.391. The van der Waals surface area contributed by atoms with Gasteiger partial charge in [-0.1, -0.05) is 31.6 Å². The molecule has 4 nitrogen and oxygen atoms in total. The molecule has 2 N–H and O–H groups in total. The topological polar surface area (TPSA) is 48.1 Å². The van der Waals surface area contributed by atoms with Crippen molar-refractivity contribution in [3.8, 4) is 0 Å². The van der Waals surface area contributed by atoms with E-state index < -0.39 is 6.67 Å². The molecule has 2 aliphatic rings. The van der Waals surface area contributed by atoms with Crippen LogP contribution in [0.1, 0.15) is 30.9 Å². The number of aromatic amines is 1. The van der Waals surface area contributed by atoms with Gasteiger partial charge < -0.3 is 10.3 Å². The maximum atomic E-state index is 13.2. The molecule has 2 aromatic rings. The average Bonchev–Trinajstić information content (AvgIpc) is 3.07. The summed E-state index contributed by atoms with van der Waals surface area (Å²) >= 11 is 0. The molecular weight excluding hydrogens is 329 g/mol. The Labute approximate surface area is 153 Å². The lowest BCUT2D eigenvalue weighted by Gasteiger charge is -2.41. The summed E-state index contributed by atoms with van der Waals surface area (Å²) in [7, 11) is 0. The molecule has 0 spiro atoms. The van der Waals surface area contributed by atoms with Crippen LogP contribution < -0.4 is 5.32 Å². The van der Waals surface area contributed by atoms with E-state index in [1.165, 1.54) is 22.1 Å². The number of amides is 1. The van der Waals surface area contributed by atoms with Crippen molar-refractivity contribution < 1.29 is 9.18 Å². The van der Waals surface area contributed by atoms with Crippen molar-refractivity contribution in [1.29, 1.82) is 0 Å². The van der Waals surface area contributed by atoms with E-state index in [-0.39, 0.29) is 17.9 Å². The van der Waals surface area contributed by atoms with Crippen molar-refractivity contribution >= 4 is 22.4 Å². The van der Waals surface area contributed by atoms with Crippen LogP contribution in [0.5, 0.6) is 0 Å². The number of unbranched alkanes of at least 4 members (excludes halogenated alkanes) is 1. The number of nitrogens with zero attached hydrogens (tertiary/aromatic N) is 1. The van der Waals surface area contributed by atoms with Crippen LogP contribution >= 0.6 is 0 Å². The number of alkyl halides is 1. The van der Waals surface area contributed by atoms with Gasteiger partial charge in [0, 0.05) is 42.8 Å². The van der Waals surface area contributed by atoms with Crippen LogP contribution in [-0.2, 0) is 11.2 Å². The summed E-state index contributed by atoms with van der Waals surface area (Å²) in [5.41, 5.74) is 4.78. The predicted octanol–water partition coefficient (Wildman–Crippen LogP) is 3.29. The summed E-state index contributed by atoms with van der Waals surface area (Å²) in [6.07, 6.45) is 7.11. The molecule has 0 saturated heterocycles. The first-order chi connectivity index (χ1) is 12.7. The number of aromatic nitrogens is 1. The van der Waals surface area contributed by atoms with Crippen molar-refractivity contribution in [2.45, 2.75) is 32.2 Å². The van der Waals surface area contributed by atoms with Gasteiger partial charge in [0.1, 0.15) is 6.67 Å². The van der Waals surface area contributed by atoms with E-state index in [1.807, 2.05) is 6.07 Å². The zero-order valence-electron chi connectivity index (χ0n) is 15.2. The van der Waals surface area contributed by atoms with E-state index in [4.69, 9.17) is 0 Å². The minimum Gasteiger partial charge on any atom is -0.361 e. The third-order valence-corrected chi connectivity index (χ3v) is 5.66. The molecule has 1 aromatic carbocycles. The van der Waals surface area contributed by atoms with Crippen LogP contribution in [0.4, 0.5) is 4.39 Å². The summed E-state index contributed by atoms with van der Waals surface area (Å²) in [6.45, 7) is 3.39. The van der Waals surface area contributed by atoms with Crippen molar-refractivity contribution in [2.24, 2.45) is 5.92 Å². The van der Waals surface area contributed by atoms with Crippen LogP contribution in [0, 0.1) is 5.92 Å². The number of H-pyrrole nitrogens is 1. The summed E-state index contributed by atoms with van der Waals surface area (Å²) in [6, 6.07) is 6.41. The Morgan fingerprint density at radius 2 is 2.31 bits per heavy atom. The quantitative estimate of drug-likeness (QED) is 0.781. The molecule has 1 amide bonds. The number of halogens is 1. The smallest absolute Gasteiger partial charge is 0.228 e. The Hall–Kier alpha value is -2.14. The summed E-state index contributed by atoms with van der Waals surface area (Å²) in [5, 5.41) is 4.29. The normalized spacial score (nSPS) is 22.2. The number of carbonyl (C=O) groups is 1. The number of rotatable bonds is 6. The maximum Gasteiger partial charge on any atom is 0.228 e. The molecule has 0 saturated carbocycles. The molecule has 0 fully saturated rings. The van der Waals surface area contributed by atoms with Crippen LogP contribution in [0.15, 0.2) is 30.5 Å². The highest BCUT2D eigenvalue weighted by atomic mass is 19.1. The number of hydrogen-bond donors (Lipinski definition) is 2. The lowest BCUT2D eigenvalue weighted by atomic mass is 9.79. The second-order valence-electron chi connectivity index (χ2n) is 7.32. The molecule has 0 radical (unpaired) electrons. The molecule has 2 unspecified atom stereocenters. The zero-order chi connectivity index (χ0) is 18.1. The highest BCUT2D eigenvalue weighted by Crippen LogP contribution is 2.41. The minimum absolute atomic E-state index is 0.0558. The summed E-state index contributed by atoms with van der Waals surface area (Å²) in [5.74, 6) is -0.166. The van der Waals surface area contributed by atoms with Crippen LogP contribution in [0.2, 0.25) is 0 Å². The number of benzene rings is 1. The van der Waals surface area contributed by atoms with Crippen molar-refractivity contribution in [2.75, 3.05) is 26.3 Å². The third kappa shape index (κ3) is 2.94. The lowest BCUT2D eigenvalue weighted by molar-refractivity contribution is -0.124. The predicted molar refractivity (Wildman–Crippen MR) is 103 cm³/mol. The first kappa shape index (κ1) is 17.3. The van der Waals surface area contributed by atoms with Gasteiger partial charge in [-0.25, -0.2) is 4.39 Å². The molecule has 2 heterocycles. The highest BCUT2D eigenvalue weighted by molar-refractivity contribution is 5.99. The van der Waals surface area contributed by atoms with Gasteiger partial charge in [0.25, 0.3) is 0 Å². The van der Waals surface area contributed by atoms with Crippen LogP contribution in [0.3, 0.4) is 0 Å². The monoisotopic (exact) mass is 355 g/mol. The largest absolute Gasteiger partial charge is 0.361 e. The summed E-state index contributed by atoms with van der Waals surface area (Å²) < 4.78 is 13.2.